The predicted molar refractivity (Wildman–Crippen MR) is 111 cm³/mol. The number of nitrogens with zero attached hydrogens (tertiary/aromatic N) is 1. The molecule has 1 aliphatic rings. The zero-order chi connectivity index (χ0) is 20.4. The number of anilines is 1. The SMILES string of the molecule is Cc1noc(=O)c2ccc(NC(=O)C(O)(Cc3ccccc3)C3CCCC3)cc12. The molecule has 4 rings (SSSR count). The minimum Gasteiger partial charge on any atom is -0.379 e. The van der Waals surface area contributed by atoms with Gasteiger partial charge in [-0.05, 0) is 49.4 Å². The van der Waals surface area contributed by atoms with Crippen molar-refractivity contribution in [2.24, 2.45) is 5.92 Å². The monoisotopic (exact) mass is 392 g/mol. The topological polar surface area (TPSA) is 92.4 Å². The van der Waals surface area contributed by atoms with Crippen molar-refractivity contribution in [2.75, 3.05) is 5.32 Å². The standard InChI is InChI=1S/C23H24N2O4/c1-15-20-13-18(11-12-19(20)21(26)29-25-15)24-22(27)23(28,17-9-5-6-10-17)14-16-7-3-2-4-8-16/h2-4,7-8,11-13,17,28H,5-6,9-10,14H2,1H3,(H,24,27). The quantitative estimate of drug-likeness (QED) is 0.692. The molecular weight excluding hydrogens is 368 g/mol. The van der Waals surface area contributed by atoms with Gasteiger partial charge >= 0.3 is 5.63 Å². The molecule has 3 aromatic rings. The van der Waals surface area contributed by atoms with Gasteiger partial charge in [-0.3, -0.25) is 4.79 Å². The summed E-state index contributed by atoms with van der Waals surface area (Å²) in [5.74, 6) is -0.500. The van der Waals surface area contributed by atoms with E-state index >= 15 is 0 Å². The van der Waals surface area contributed by atoms with E-state index in [9.17, 15) is 14.7 Å². The van der Waals surface area contributed by atoms with E-state index < -0.39 is 17.1 Å². The molecule has 1 heterocycles. The normalized spacial score (nSPS) is 16.6. The van der Waals surface area contributed by atoms with Gasteiger partial charge in [0.2, 0.25) is 0 Å². The van der Waals surface area contributed by atoms with Gasteiger partial charge in [0.1, 0.15) is 5.60 Å². The van der Waals surface area contributed by atoms with E-state index in [-0.39, 0.29) is 12.3 Å². The number of hydrogen-bond donors (Lipinski definition) is 2. The first-order valence-corrected chi connectivity index (χ1v) is 9.95. The van der Waals surface area contributed by atoms with Gasteiger partial charge in [-0.25, -0.2) is 4.79 Å². The van der Waals surface area contributed by atoms with E-state index in [1.54, 1.807) is 25.1 Å². The van der Waals surface area contributed by atoms with Crippen LogP contribution in [0.4, 0.5) is 5.69 Å². The Labute approximate surface area is 168 Å². The van der Waals surface area contributed by atoms with Crippen LogP contribution in [0.2, 0.25) is 0 Å². The summed E-state index contributed by atoms with van der Waals surface area (Å²) in [6, 6.07) is 14.5. The molecule has 0 saturated heterocycles. The molecule has 1 atom stereocenters. The van der Waals surface area contributed by atoms with Crippen molar-refractivity contribution in [1.29, 1.82) is 0 Å². The maximum atomic E-state index is 13.3. The molecule has 29 heavy (non-hydrogen) atoms. The lowest BCUT2D eigenvalue weighted by Gasteiger charge is -2.33. The fourth-order valence-electron chi connectivity index (χ4n) is 4.27. The number of carbonyl (C=O) groups is 1. The van der Waals surface area contributed by atoms with E-state index in [1.165, 1.54) is 0 Å². The molecule has 1 aliphatic carbocycles. The van der Waals surface area contributed by atoms with Gasteiger partial charge in [-0.2, -0.15) is 0 Å². The van der Waals surface area contributed by atoms with Crippen LogP contribution >= 0.6 is 0 Å². The molecule has 0 bridgehead atoms. The first-order chi connectivity index (χ1) is 14.0. The number of fused-ring (bicyclic) bond motifs is 1. The van der Waals surface area contributed by atoms with Gasteiger partial charge < -0.3 is 14.9 Å². The van der Waals surface area contributed by atoms with Crippen LogP contribution in [0.5, 0.6) is 0 Å². The second-order valence-corrected chi connectivity index (χ2v) is 7.84. The summed E-state index contributed by atoms with van der Waals surface area (Å²) < 4.78 is 4.75. The molecule has 1 aromatic heterocycles. The summed E-state index contributed by atoms with van der Waals surface area (Å²) in [7, 11) is 0. The fraction of sp³-hybridized carbons (Fsp3) is 0.348. The summed E-state index contributed by atoms with van der Waals surface area (Å²) >= 11 is 0. The summed E-state index contributed by atoms with van der Waals surface area (Å²) in [6.45, 7) is 1.74. The van der Waals surface area contributed by atoms with Crippen LogP contribution in [-0.4, -0.2) is 21.8 Å². The third-order valence-corrected chi connectivity index (χ3v) is 5.89. The summed E-state index contributed by atoms with van der Waals surface area (Å²) in [6.07, 6.45) is 3.97. The first kappa shape index (κ1) is 19.3. The maximum absolute atomic E-state index is 13.3. The van der Waals surface area contributed by atoms with Crippen LogP contribution in [0.3, 0.4) is 0 Å². The average molecular weight is 392 g/mol. The smallest absolute Gasteiger partial charge is 0.366 e. The number of rotatable bonds is 5. The van der Waals surface area contributed by atoms with Crippen molar-refractivity contribution in [2.45, 2.75) is 44.6 Å². The minimum atomic E-state index is -1.49. The number of aliphatic hydroxyl groups is 1. The molecule has 0 aliphatic heterocycles. The number of aryl methyl sites for hydroxylation is 1. The van der Waals surface area contributed by atoms with Gasteiger partial charge in [0.25, 0.3) is 5.91 Å². The molecule has 1 amide bonds. The van der Waals surface area contributed by atoms with Crippen LogP contribution in [0, 0.1) is 12.8 Å². The fourth-order valence-corrected chi connectivity index (χ4v) is 4.27. The molecule has 6 nitrogen and oxygen atoms in total. The van der Waals surface area contributed by atoms with Crippen LogP contribution in [0.15, 0.2) is 57.8 Å². The Kier molecular flexibility index (Phi) is 5.20. The van der Waals surface area contributed by atoms with Crippen molar-refractivity contribution in [3.05, 3.63) is 70.2 Å². The number of hydrogen-bond acceptors (Lipinski definition) is 5. The van der Waals surface area contributed by atoms with Gasteiger partial charge in [0, 0.05) is 17.5 Å². The predicted octanol–water partition coefficient (Wildman–Crippen LogP) is 3.60. The van der Waals surface area contributed by atoms with E-state index in [0.29, 0.717) is 22.2 Å². The van der Waals surface area contributed by atoms with Crippen LogP contribution in [0.25, 0.3) is 10.8 Å². The Balaban J connectivity index is 1.65. The second kappa shape index (κ2) is 7.79. The highest BCUT2D eigenvalue weighted by atomic mass is 16.5. The molecule has 1 saturated carbocycles. The van der Waals surface area contributed by atoms with Crippen molar-refractivity contribution in [3.63, 3.8) is 0 Å². The highest BCUT2D eigenvalue weighted by Gasteiger charge is 2.44. The Bertz CT molecular complexity index is 1090. The van der Waals surface area contributed by atoms with Crippen molar-refractivity contribution in [1.82, 2.24) is 5.16 Å². The average Bonchev–Trinajstić information content (AvgIpc) is 3.27. The molecule has 1 unspecified atom stereocenters. The Hall–Kier alpha value is -2.99. The summed E-state index contributed by atoms with van der Waals surface area (Å²) in [4.78, 5) is 25.1. The summed E-state index contributed by atoms with van der Waals surface area (Å²) in [5, 5.41) is 19.2. The number of benzene rings is 2. The lowest BCUT2D eigenvalue weighted by atomic mass is 9.80. The first-order valence-electron chi connectivity index (χ1n) is 9.95. The van der Waals surface area contributed by atoms with Crippen molar-refractivity contribution < 1.29 is 14.4 Å². The van der Waals surface area contributed by atoms with E-state index in [1.807, 2.05) is 30.3 Å². The molecule has 0 spiro atoms. The van der Waals surface area contributed by atoms with E-state index in [2.05, 4.69) is 10.5 Å². The number of nitrogens with one attached hydrogen (secondary N) is 1. The molecule has 1 fully saturated rings. The molecule has 2 aromatic carbocycles. The third kappa shape index (κ3) is 3.80. The highest BCUT2D eigenvalue weighted by Crippen LogP contribution is 2.37. The number of aromatic nitrogens is 1. The van der Waals surface area contributed by atoms with Gasteiger partial charge in [0.15, 0.2) is 0 Å². The minimum absolute atomic E-state index is 0.0846. The van der Waals surface area contributed by atoms with E-state index in [0.717, 1.165) is 31.2 Å². The van der Waals surface area contributed by atoms with Crippen LogP contribution < -0.4 is 10.9 Å². The third-order valence-electron chi connectivity index (χ3n) is 5.89. The second-order valence-electron chi connectivity index (χ2n) is 7.84. The van der Waals surface area contributed by atoms with Crippen LogP contribution in [0.1, 0.15) is 36.9 Å². The van der Waals surface area contributed by atoms with Gasteiger partial charge in [-0.1, -0.05) is 48.3 Å². The lowest BCUT2D eigenvalue weighted by molar-refractivity contribution is -0.139. The van der Waals surface area contributed by atoms with Crippen LogP contribution in [-0.2, 0) is 11.2 Å². The molecular formula is C23H24N2O4. The Morgan fingerprint density at radius 1 is 1.17 bits per heavy atom. The van der Waals surface area contributed by atoms with Crippen molar-refractivity contribution in [3.8, 4) is 0 Å². The Morgan fingerprint density at radius 2 is 1.90 bits per heavy atom. The van der Waals surface area contributed by atoms with E-state index in [4.69, 9.17) is 4.52 Å². The van der Waals surface area contributed by atoms with Crippen molar-refractivity contribution >= 4 is 22.4 Å². The van der Waals surface area contributed by atoms with Gasteiger partial charge in [-0.15, -0.1) is 0 Å². The lowest BCUT2D eigenvalue weighted by Crippen LogP contribution is -2.50. The van der Waals surface area contributed by atoms with Gasteiger partial charge in [0.05, 0.1) is 11.1 Å². The number of amides is 1. The number of carbonyl (C=O) groups excluding carboxylic acids is 1. The largest absolute Gasteiger partial charge is 0.379 e. The zero-order valence-corrected chi connectivity index (χ0v) is 16.4. The molecule has 6 heteroatoms. The molecule has 0 radical (unpaired) electrons. The zero-order valence-electron chi connectivity index (χ0n) is 16.4. The Morgan fingerprint density at radius 3 is 2.62 bits per heavy atom. The highest BCUT2D eigenvalue weighted by molar-refractivity contribution is 5.99. The summed E-state index contributed by atoms with van der Waals surface area (Å²) in [5.41, 5.74) is -0.00715. The molecule has 2 N–H and O–H groups in total. The maximum Gasteiger partial charge on any atom is 0.366 e. The molecule has 150 valence electrons.